The molecular weight excluding hydrogens is 488 g/mol. The Kier molecular flexibility index (Phi) is 9.51. The largest absolute Gasteiger partial charge is 0.416 e. The van der Waals surface area contributed by atoms with Gasteiger partial charge in [0.05, 0.1) is 18.2 Å². The second-order valence-corrected chi connectivity index (χ2v) is 6.96. The van der Waals surface area contributed by atoms with Crippen LogP contribution in [0.4, 0.5) is 13.2 Å². The molecule has 0 fully saturated rings. The zero-order valence-corrected chi connectivity index (χ0v) is 18.6. The molecule has 2 rings (SSSR count). The Morgan fingerprint density at radius 3 is 2.63 bits per heavy atom. The SMILES string of the molecule is CCNC(=NCc1ncc(CC)s1)NC(C)c1cccc(C(F)(F)F)c1.I. The van der Waals surface area contributed by atoms with Crippen LogP contribution in [0.25, 0.3) is 0 Å². The monoisotopic (exact) mass is 512 g/mol. The van der Waals surface area contributed by atoms with E-state index in [2.05, 4.69) is 27.5 Å². The number of halogens is 4. The molecule has 1 atom stereocenters. The topological polar surface area (TPSA) is 49.3 Å². The van der Waals surface area contributed by atoms with Gasteiger partial charge < -0.3 is 10.6 Å². The lowest BCUT2D eigenvalue weighted by atomic mass is 10.1. The van der Waals surface area contributed by atoms with Crippen molar-refractivity contribution in [3.05, 3.63) is 51.5 Å². The fourth-order valence-corrected chi connectivity index (χ4v) is 3.11. The number of aryl methyl sites for hydroxylation is 1. The number of guanidine groups is 1. The predicted molar refractivity (Wildman–Crippen MR) is 115 cm³/mol. The number of hydrogen-bond donors (Lipinski definition) is 2. The summed E-state index contributed by atoms with van der Waals surface area (Å²) < 4.78 is 38.7. The van der Waals surface area contributed by atoms with Crippen LogP contribution in [0, 0.1) is 0 Å². The first kappa shape index (κ1) is 23.7. The van der Waals surface area contributed by atoms with Crippen molar-refractivity contribution in [2.45, 2.75) is 46.0 Å². The summed E-state index contributed by atoms with van der Waals surface area (Å²) in [7, 11) is 0. The van der Waals surface area contributed by atoms with Crippen LogP contribution >= 0.6 is 35.3 Å². The molecule has 0 spiro atoms. The second kappa shape index (κ2) is 10.8. The van der Waals surface area contributed by atoms with Crippen molar-refractivity contribution in [2.24, 2.45) is 4.99 Å². The van der Waals surface area contributed by atoms with Crippen molar-refractivity contribution in [2.75, 3.05) is 6.54 Å². The smallest absolute Gasteiger partial charge is 0.357 e. The fraction of sp³-hybridized carbons (Fsp3) is 0.444. The molecule has 1 aromatic heterocycles. The van der Waals surface area contributed by atoms with Gasteiger partial charge in [-0.15, -0.1) is 35.3 Å². The Hall–Kier alpha value is -1.36. The van der Waals surface area contributed by atoms with Crippen molar-refractivity contribution in [1.29, 1.82) is 0 Å². The lowest BCUT2D eigenvalue weighted by Gasteiger charge is -2.19. The molecular formula is C18H24F3IN4S. The van der Waals surface area contributed by atoms with Crippen LogP contribution < -0.4 is 10.6 Å². The molecule has 4 nitrogen and oxygen atoms in total. The highest BCUT2D eigenvalue weighted by Crippen LogP contribution is 2.30. The van der Waals surface area contributed by atoms with Crippen LogP contribution in [0.2, 0.25) is 0 Å². The molecule has 2 N–H and O–H groups in total. The van der Waals surface area contributed by atoms with Gasteiger partial charge in [0.1, 0.15) is 5.01 Å². The van der Waals surface area contributed by atoms with E-state index in [4.69, 9.17) is 0 Å². The van der Waals surface area contributed by atoms with Crippen molar-refractivity contribution in [3.8, 4) is 0 Å². The van der Waals surface area contributed by atoms with Crippen LogP contribution in [-0.2, 0) is 19.1 Å². The first-order chi connectivity index (χ1) is 12.3. The highest BCUT2D eigenvalue weighted by Gasteiger charge is 2.30. The quantitative estimate of drug-likeness (QED) is 0.320. The van der Waals surface area contributed by atoms with Gasteiger partial charge in [0.25, 0.3) is 0 Å². The first-order valence-corrected chi connectivity index (χ1v) is 9.30. The zero-order valence-electron chi connectivity index (χ0n) is 15.4. The Labute approximate surface area is 178 Å². The van der Waals surface area contributed by atoms with Crippen LogP contribution in [0.5, 0.6) is 0 Å². The molecule has 1 aromatic carbocycles. The number of nitrogens with one attached hydrogen (secondary N) is 2. The van der Waals surface area contributed by atoms with Crippen molar-refractivity contribution >= 4 is 41.3 Å². The summed E-state index contributed by atoms with van der Waals surface area (Å²) in [6.07, 6.45) is -1.57. The number of alkyl halides is 3. The van der Waals surface area contributed by atoms with Gasteiger partial charge in [-0.05, 0) is 38.0 Å². The van der Waals surface area contributed by atoms with E-state index in [1.165, 1.54) is 10.9 Å². The normalized spacial score (nSPS) is 13.0. The number of aliphatic imine (C=N–C) groups is 1. The van der Waals surface area contributed by atoms with Gasteiger partial charge in [0.2, 0.25) is 0 Å². The second-order valence-electron chi connectivity index (χ2n) is 5.76. The third-order valence-corrected chi connectivity index (χ3v) is 4.86. The molecule has 1 heterocycles. The van der Waals surface area contributed by atoms with Gasteiger partial charge in [0.15, 0.2) is 5.96 Å². The van der Waals surface area contributed by atoms with Crippen LogP contribution in [0.15, 0.2) is 35.5 Å². The minimum atomic E-state index is -4.35. The minimum Gasteiger partial charge on any atom is -0.357 e. The maximum atomic E-state index is 12.9. The van der Waals surface area contributed by atoms with E-state index in [-0.39, 0.29) is 30.0 Å². The summed E-state index contributed by atoms with van der Waals surface area (Å²) in [6.45, 7) is 6.89. The molecule has 0 radical (unpaired) electrons. The number of benzene rings is 1. The molecule has 1 unspecified atom stereocenters. The summed E-state index contributed by atoms with van der Waals surface area (Å²) in [5.74, 6) is 0.547. The molecule has 150 valence electrons. The number of nitrogens with zero attached hydrogens (tertiary/aromatic N) is 2. The molecule has 0 aliphatic carbocycles. The van der Waals surface area contributed by atoms with Crippen molar-refractivity contribution < 1.29 is 13.2 Å². The highest BCUT2D eigenvalue weighted by molar-refractivity contribution is 14.0. The highest BCUT2D eigenvalue weighted by atomic mass is 127. The average Bonchev–Trinajstić information content (AvgIpc) is 3.07. The summed E-state index contributed by atoms with van der Waals surface area (Å²) >= 11 is 1.61. The Bertz CT molecular complexity index is 746. The molecule has 0 saturated heterocycles. The number of thiazole rings is 1. The van der Waals surface area contributed by atoms with E-state index in [1.807, 2.05) is 13.1 Å². The van der Waals surface area contributed by atoms with Crippen LogP contribution in [0.3, 0.4) is 0 Å². The van der Waals surface area contributed by atoms with Gasteiger partial charge in [-0.2, -0.15) is 13.2 Å². The van der Waals surface area contributed by atoms with Gasteiger partial charge >= 0.3 is 6.18 Å². The maximum absolute atomic E-state index is 12.9. The van der Waals surface area contributed by atoms with E-state index >= 15 is 0 Å². The molecule has 9 heteroatoms. The zero-order chi connectivity index (χ0) is 19.2. The van der Waals surface area contributed by atoms with Crippen LogP contribution in [0.1, 0.15) is 47.8 Å². The lowest BCUT2D eigenvalue weighted by Crippen LogP contribution is -2.38. The molecule has 0 saturated carbocycles. The Balaban J connectivity index is 0.00000364. The third-order valence-electron chi connectivity index (χ3n) is 3.73. The van der Waals surface area contributed by atoms with Gasteiger partial charge in [-0.3, -0.25) is 0 Å². The summed E-state index contributed by atoms with van der Waals surface area (Å²) in [5, 5.41) is 7.17. The van der Waals surface area contributed by atoms with Gasteiger partial charge in [-0.25, -0.2) is 9.98 Å². The molecule has 0 amide bonds. The average molecular weight is 512 g/mol. The summed E-state index contributed by atoms with van der Waals surface area (Å²) in [5.41, 5.74) is -0.103. The van der Waals surface area contributed by atoms with Crippen LogP contribution in [-0.4, -0.2) is 17.5 Å². The number of rotatable bonds is 6. The predicted octanol–water partition coefficient (Wildman–Crippen LogP) is 5.16. The van der Waals surface area contributed by atoms with E-state index < -0.39 is 11.7 Å². The van der Waals surface area contributed by atoms with E-state index in [1.54, 1.807) is 24.3 Å². The van der Waals surface area contributed by atoms with Crippen molar-refractivity contribution in [1.82, 2.24) is 15.6 Å². The molecule has 2 aromatic rings. The maximum Gasteiger partial charge on any atom is 0.416 e. The Morgan fingerprint density at radius 2 is 2.04 bits per heavy atom. The van der Waals surface area contributed by atoms with E-state index in [0.717, 1.165) is 23.6 Å². The number of aromatic nitrogens is 1. The number of hydrogen-bond acceptors (Lipinski definition) is 3. The first-order valence-electron chi connectivity index (χ1n) is 8.49. The fourth-order valence-electron chi connectivity index (χ4n) is 2.32. The molecule has 27 heavy (non-hydrogen) atoms. The van der Waals surface area contributed by atoms with E-state index in [9.17, 15) is 13.2 Å². The Morgan fingerprint density at radius 1 is 1.30 bits per heavy atom. The summed E-state index contributed by atoms with van der Waals surface area (Å²) in [6, 6.07) is 5.00. The van der Waals surface area contributed by atoms with Gasteiger partial charge in [-0.1, -0.05) is 19.1 Å². The molecule has 0 aliphatic rings. The van der Waals surface area contributed by atoms with E-state index in [0.29, 0.717) is 24.6 Å². The minimum absolute atomic E-state index is 0. The van der Waals surface area contributed by atoms with Crippen molar-refractivity contribution in [3.63, 3.8) is 0 Å². The lowest BCUT2D eigenvalue weighted by molar-refractivity contribution is -0.137. The van der Waals surface area contributed by atoms with Gasteiger partial charge in [0, 0.05) is 17.6 Å². The molecule has 0 bridgehead atoms. The molecule has 0 aliphatic heterocycles. The standard InChI is InChI=1S/C18H23F3N4S.HI/c1-4-15-10-23-16(26-15)11-24-17(22-5-2)25-12(3)13-7-6-8-14(9-13)18(19,20)21;/h6-10,12H,4-5,11H2,1-3H3,(H2,22,24,25);1H. The third kappa shape index (κ3) is 7.28. The summed E-state index contributed by atoms with van der Waals surface area (Å²) in [4.78, 5) is 10.0.